The van der Waals surface area contributed by atoms with Crippen LogP contribution >= 0.6 is 0 Å². The highest BCUT2D eigenvalue weighted by Gasteiger charge is 2.21. The number of methoxy groups -OCH3 is 1. The maximum absolute atomic E-state index is 11.5. The molecule has 0 radical (unpaired) electrons. The van der Waals surface area contributed by atoms with E-state index in [1.165, 1.54) is 7.11 Å². The van der Waals surface area contributed by atoms with Gasteiger partial charge in [0.1, 0.15) is 0 Å². The molecule has 1 aromatic carbocycles. The van der Waals surface area contributed by atoms with E-state index < -0.39 is 4.92 Å². The molecule has 2 heterocycles. The molecule has 32 heavy (non-hydrogen) atoms. The predicted octanol–water partition coefficient (Wildman–Crippen LogP) is 4.94. The molecule has 0 atom stereocenters. The average molecular weight is 431 g/mol. The molecule has 0 spiro atoms. The van der Waals surface area contributed by atoms with E-state index in [1.54, 1.807) is 24.3 Å². The van der Waals surface area contributed by atoms with Gasteiger partial charge in [0.25, 0.3) is 0 Å². The minimum absolute atomic E-state index is 0.0912. The number of pyridine rings is 1. The van der Waals surface area contributed by atoms with Crippen molar-refractivity contribution in [3.8, 4) is 17.0 Å². The molecule has 3 rings (SSSR count). The number of rotatable bonds is 9. The van der Waals surface area contributed by atoms with E-state index in [2.05, 4.69) is 16.1 Å². The third kappa shape index (κ3) is 4.84. The Morgan fingerprint density at radius 2 is 2.03 bits per heavy atom. The SMILES string of the molecule is C=C/C=C(\C=C/CO)c1ccc(-c2ccccc2C)n1Cc1ccc(OC)c([N+](=O)[O-])n1. The van der Waals surface area contributed by atoms with E-state index >= 15 is 0 Å². The summed E-state index contributed by atoms with van der Waals surface area (Å²) in [5.74, 6) is -0.207. The molecule has 0 aliphatic heterocycles. The lowest BCUT2D eigenvalue weighted by atomic mass is 10.1. The summed E-state index contributed by atoms with van der Waals surface area (Å²) in [5.41, 5.74) is 5.34. The average Bonchev–Trinajstić information content (AvgIpc) is 3.19. The molecule has 0 amide bonds. The lowest BCUT2D eigenvalue weighted by Crippen LogP contribution is -2.09. The van der Waals surface area contributed by atoms with Crippen LogP contribution in [0.5, 0.6) is 5.75 Å². The Labute approximate surface area is 186 Å². The van der Waals surface area contributed by atoms with Gasteiger partial charge in [-0.1, -0.05) is 55.1 Å². The molecule has 1 N–H and O–H groups in total. The molecule has 0 unspecified atom stereocenters. The quantitative estimate of drug-likeness (QED) is 0.294. The second kappa shape index (κ2) is 10.4. The number of benzene rings is 1. The number of allylic oxidation sites excluding steroid dienone is 4. The van der Waals surface area contributed by atoms with E-state index in [0.717, 1.165) is 28.1 Å². The molecule has 0 bridgehead atoms. The van der Waals surface area contributed by atoms with E-state index in [4.69, 9.17) is 4.74 Å². The van der Waals surface area contributed by atoms with Gasteiger partial charge in [-0.2, -0.15) is 0 Å². The van der Waals surface area contributed by atoms with Crippen LogP contribution in [0.15, 0.2) is 79.4 Å². The van der Waals surface area contributed by atoms with E-state index in [0.29, 0.717) is 12.2 Å². The minimum Gasteiger partial charge on any atom is -0.489 e. The Balaban J connectivity index is 2.19. The van der Waals surface area contributed by atoms with Gasteiger partial charge in [0.15, 0.2) is 5.69 Å². The fraction of sp³-hybridized carbons (Fsp3) is 0.160. The summed E-state index contributed by atoms with van der Waals surface area (Å²) in [6, 6.07) is 15.3. The van der Waals surface area contributed by atoms with Crippen molar-refractivity contribution in [1.82, 2.24) is 9.55 Å². The fourth-order valence-electron chi connectivity index (χ4n) is 3.53. The Morgan fingerprint density at radius 3 is 2.69 bits per heavy atom. The first-order valence-corrected chi connectivity index (χ1v) is 10.0. The van der Waals surface area contributed by atoms with E-state index in [-0.39, 0.29) is 18.2 Å². The van der Waals surface area contributed by atoms with Crippen LogP contribution < -0.4 is 4.74 Å². The largest absolute Gasteiger partial charge is 0.489 e. The van der Waals surface area contributed by atoms with Crippen LogP contribution in [0.3, 0.4) is 0 Å². The van der Waals surface area contributed by atoms with Crippen molar-refractivity contribution in [1.29, 1.82) is 0 Å². The number of nitro groups is 1. The van der Waals surface area contributed by atoms with Crippen LogP contribution in [0.25, 0.3) is 16.8 Å². The molecular weight excluding hydrogens is 406 g/mol. The highest BCUT2D eigenvalue weighted by molar-refractivity contribution is 5.77. The second-order valence-corrected chi connectivity index (χ2v) is 7.03. The topological polar surface area (TPSA) is 90.4 Å². The number of hydrogen-bond acceptors (Lipinski definition) is 5. The summed E-state index contributed by atoms with van der Waals surface area (Å²) in [4.78, 5) is 15.1. The lowest BCUT2D eigenvalue weighted by molar-refractivity contribution is -0.390. The first-order valence-electron chi connectivity index (χ1n) is 10.0. The molecule has 0 aliphatic rings. The second-order valence-electron chi connectivity index (χ2n) is 7.03. The van der Waals surface area contributed by atoms with Crippen LogP contribution in [0.2, 0.25) is 0 Å². The number of hydrogen-bond donors (Lipinski definition) is 1. The Bertz CT molecular complexity index is 1190. The molecule has 0 fully saturated rings. The zero-order valence-corrected chi connectivity index (χ0v) is 18.1. The molecule has 7 nitrogen and oxygen atoms in total. The lowest BCUT2D eigenvalue weighted by Gasteiger charge is -2.15. The van der Waals surface area contributed by atoms with Gasteiger partial charge in [0.2, 0.25) is 5.75 Å². The van der Waals surface area contributed by atoms with Crippen molar-refractivity contribution in [2.24, 2.45) is 0 Å². The third-order valence-electron chi connectivity index (χ3n) is 5.01. The van der Waals surface area contributed by atoms with Gasteiger partial charge in [-0.25, -0.2) is 0 Å². The summed E-state index contributed by atoms with van der Waals surface area (Å²) < 4.78 is 7.13. The normalized spacial score (nSPS) is 11.7. The molecule has 164 valence electrons. The van der Waals surface area contributed by atoms with E-state index in [9.17, 15) is 15.2 Å². The summed E-state index contributed by atoms with van der Waals surface area (Å²) in [7, 11) is 1.38. The monoisotopic (exact) mass is 431 g/mol. The first kappa shape index (κ1) is 22.7. The van der Waals surface area contributed by atoms with Gasteiger partial charge in [-0.05, 0) is 52.2 Å². The molecule has 0 saturated carbocycles. The maximum atomic E-state index is 11.5. The van der Waals surface area contributed by atoms with Crippen LogP contribution in [0, 0.1) is 17.0 Å². The molecule has 0 aliphatic carbocycles. The molecule has 3 aromatic rings. The van der Waals surface area contributed by atoms with E-state index in [1.807, 2.05) is 55.5 Å². The van der Waals surface area contributed by atoms with Crippen molar-refractivity contribution in [3.63, 3.8) is 0 Å². The number of aliphatic hydroxyl groups excluding tert-OH is 1. The standard InChI is InChI=1S/C25H25N3O4/c1-4-8-19(10-7-16-29)22-13-14-23(21-11-6-5-9-18(21)2)27(22)17-20-12-15-24(32-3)25(26-20)28(30)31/h4-15,29H,1,16-17H2,2-3H3/b10-7-,19-8+. The minimum atomic E-state index is -0.547. The van der Waals surface area contributed by atoms with Gasteiger partial charge < -0.3 is 24.5 Å². The van der Waals surface area contributed by atoms with Crippen LogP contribution in [0.4, 0.5) is 5.82 Å². The number of aryl methyl sites for hydroxylation is 1. The van der Waals surface area contributed by atoms with Gasteiger partial charge in [0, 0.05) is 17.0 Å². The zero-order chi connectivity index (χ0) is 23.1. The number of ether oxygens (including phenoxy) is 1. The number of nitrogens with zero attached hydrogens (tertiary/aromatic N) is 3. The van der Waals surface area contributed by atoms with Gasteiger partial charge >= 0.3 is 5.82 Å². The molecule has 0 saturated heterocycles. The van der Waals surface area contributed by atoms with Crippen molar-refractivity contribution < 1.29 is 14.8 Å². The molecular formula is C25H25N3O4. The summed E-state index contributed by atoms with van der Waals surface area (Å²) >= 11 is 0. The Hall–Kier alpha value is -3.97. The third-order valence-corrected chi connectivity index (χ3v) is 5.01. The van der Waals surface area contributed by atoms with Gasteiger partial charge in [-0.3, -0.25) is 0 Å². The van der Waals surface area contributed by atoms with Crippen molar-refractivity contribution in [2.45, 2.75) is 13.5 Å². The van der Waals surface area contributed by atoms with Crippen LogP contribution in [-0.4, -0.2) is 33.3 Å². The predicted molar refractivity (Wildman–Crippen MR) is 126 cm³/mol. The van der Waals surface area contributed by atoms with Crippen molar-refractivity contribution in [3.05, 3.63) is 106 Å². The number of aromatic nitrogens is 2. The molecule has 2 aromatic heterocycles. The molecule has 7 heteroatoms. The maximum Gasteiger partial charge on any atom is 0.406 e. The highest BCUT2D eigenvalue weighted by atomic mass is 16.6. The fourth-order valence-corrected chi connectivity index (χ4v) is 3.53. The van der Waals surface area contributed by atoms with Gasteiger partial charge in [-0.15, -0.1) is 0 Å². The Morgan fingerprint density at radius 1 is 1.25 bits per heavy atom. The number of aliphatic hydroxyl groups is 1. The summed E-state index contributed by atoms with van der Waals surface area (Å²) in [6.45, 7) is 6.04. The van der Waals surface area contributed by atoms with Crippen LogP contribution in [0.1, 0.15) is 17.0 Å². The first-order chi connectivity index (χ1) is 15.5. The van der Waals surface area contributed by atoms with Crippen molar-refractivity contribution in [2.75, 3.05) is 13.7 Å². The summed E-state index contributed by atoms with van der Waals surface area (Å²) in [5, 5.41) is 20.7. The van der Waals surface area contributed by atoms with Crippen LogP contribution in [-0.2, 0) is 6.54 Å². The highest BCUT2D eigenvalue weighted by Crippen LogP contribution is 2.31. The van der Waals surface area contributed by atoms with Gasteiger partial charge in [0.05, 0.1) is 20.3 Å². The smallest absolute Gasteiger partial charge is 0.406 e. The Kier molecular flexibility index (Phi) is 7.36. The zero-order valence-electron chi connectivity index (χ0n) is 18.1. The summed E-state index contributed by atoms with van der Waals surface area (Å²) in [6.07, 6.45) is 7.00. The van der Waals surface area contributed by atoms with Crippen molar-refractivity contribution >= 4 is 11.4 Å².